The number of carboxylic acid groups (broad SMARTS) is 1. The van der Waals surface area contributed by atoms with Crippen molar-refractivity contribution in [3.63, 3.8) is 0 Å². The second-order valence-corrected chi connectivity index (χ2v) is 5.36. The first kappa shape index (κ1) is 19.8. The molecule has 0 bridgehead atoms. The molecule has 22 heavy (non-hydrogen) atoms. The summed E-state index contributed by atoms with van der Waals surface area (Å²) in [5.41, 5.74) is 5.32. The third kappa shape index (κ3) is 7.02. The van der Waals surface area contributed by atoms with Gasteiger partial charge in [0.1, 0.15) is 12.1 Å². The molecule has 0 radical (unpaired) electrons. The van der Waals surface area contributed by atoms with Crippen LogP contribution in [0.4, 0.5) is 0 Å². The number of carboxylic acids is 1. The van der Waals surface area contributed by atoms with E-state index < -0.39 is 41.8 Å². The highest BCUT2D eigenvalue weighted by atomic mass is 16.4. The third-order valence-corrected chi connectivity index (χ3v) is 2.84. The molecule has 3 atom stereocenters. The second-order valence-electron chi connectivity index (χ2n) is 5.36. The molecule has 0 heterocycles. The van der Waals surface area contributed by atoms with Crippen LogP contribution in [0.2, 0.25) is 0 Å². The Morgan fingerprint density at radius 1 is 1.00 bits per heavy atom. The Morgan fingerprint density at radius 2 is 1.55 bits per heavy atom. The van der Waals surface area contributed by atoms with E-state index in [4.69, 9.17) is 10.8 Å². The minimum Gasteiger partial charge on any atom is -0.480 e. The molecule has 0 aromatic heterocycles. The van der Waals surface area contributed by atoms with E-state index in [1.807, 2.05) is 0 Å². The lowest BCUT2D eigenvalue weighted by Gasteiger charge is -2.21. The maximum Gasteiger partial charge on any atom is 0.326 e. The Balaban J connectivity index is 4.38. The van der Waals surface area contributed by atoms with Crippen LogP contribution in [0.15, 0.2) is 0 Å². The van der Waals surface area contributed by atoms with Gasteiger partial charge in [0, 0.05) is 0 Å². The zero-order valence-electron chi connectivity index (χ0n) is 13.2. The van der Waals surface area contributed by atoms with Crippen LogP contribution in [0.1, 0.15) is 27.7 Å². The monoisotopic (exact) mass is 316 g/mol. The Hall–Kier alpha value is -2.16. The summed E-state index contributed by atoms with van der Waals surface area (Å²) in [5, 5.41) is 16.0. The molecular weight excluding hydrogens is 292 g/mol. The summed E-state index contributed by atoms with van der Waals surface area (Å²) >= 11 is 0. The molecule has 0 fully saturated rings. The number of nitrogens with one attached hydrogen (secondary N) is 3. The number of carbonyl (C=O) groups is 4. The Morgan fingerprint density at radius 3 is 1.95 bits per heavy atom. The van der Waals surface area contributed by atoms with E-state index in [0.29, 0.717) is 0 Å². The van der Waals surface area contributed by atoms with E-state index in [0.717, 1.165) is 0 Å². The highest BCUT2D eigenvalue weighted by Crippen LogP contribution is 2.02. The van der Waals surface area contributed by atoms with E-state index in [9.17, 15) is 19.2 Å². The molecule has 0 aliphatic heterocycles. The predicted octanol–water partition coefficient (Wildman–Crippen LogP) is -1.82. The average Bonchev–Trinajstić information content (AvgIpc) is 2.40. The largest absolute Gasteiger partial charge is 0.480 e. The highest BCUT2D eigenvalue weighted by molar-refractivity contribution is 5.92. The van der Waals surface area contributed by atoms with Crippen molar-refractivity contribution in [2.45, 2.75) is 45.8 Å². The van der Waals surface area contributed by atoms with Gasteiger partial charge in [-0.3, -0.25) is 14.4 Å². The summed E-state index contributed by atoms with van der Waals surface area (Å²) in [6.07, 6.45) is 0. The summed E-state index contributed by atoms with van der Waals surface area (Å²) in [5.74, 6) is -3.13. The van der Waals surface area contributed by atoms with E-state index in [-0.39, 0.29) is 12.5 Å². The van der Waals surface area contributed by atoms with Crippen LogP contribution < -0.4 is 21.7 Å². The van der Waals surface area contributed by atoms with Crippen LogP contribution in [0, 0.1) is 5.92 Å². The maximum absolute atomic E-state index is 11.8. The Bertz CT molecular complexity index is 436. The van der Waals surface area contributed by atoms with E-state index in [2.05, 4.69) is 16.0 Å². The zero-order valence-corrected chi connectivity index (χ0v) is 13.2. The number of rotatable bonds is 8. The maximum atomic E-state index is 11.8. The van der Waals surface area contributed by atoms with Crippen molar-refractivity contribution in [2.24, 2.45) is 11.7 Å². The number of amides is 3. The van der Waals surface area contributed by atoms with Crippen molar-refractivity contribution in [3.8, 4) is 0 Å². The molecule has 0 aliphatic rings. The summed E-state index contributed by atoms with van der Waals surface area (Å²) in [7, 11) is 0. The van der Waals surface area contributed by atoms with Gasteiger partial charge in [-0.25, -0.2) is 4.79 Å². The van der Waals surface area contributed by atoms with Crippen LogP contribution in [-0.4, -0.2) is 53.5 Å². The van der Waals surface area contributed by atoms with Crippen LogP contribution >= 0.6 is 0 Å². The van der Waals surface area contributed by atoms with E-state index in [1.54, 1.807) is 13.8 Å². The first-order valence-electron chi connectivity index (χ1n) is 6.92. The summed E-state index contributed by atoms with van der Waals surface area (Å²) in [4.78, 5) is 45.6. The van der Waals surface area contributed by atoms with Crippen LogP contribution in [-0.2, 0) is 19.2 Å². The van der Waals surface area contributed by atoms with Gasteiger partial charge in [-0.2, -0.15) is 0 Å². The normalized spacial score (nSPS) is 14.6. The summed E-state index contributed by atoms with van der Waals surface area (Å²) < 4.78 is 0. The molecule has 0 rings (SSSR count). The third-order valence-electron chi connectivity index (χ3n) is 2.84. The first-order valence-corrected chi connectivity index (χ1v) is 6.92. The fourth-order valence-corrected chi connectivity index (χ4v) is 1.48. The van der Waals surface area contributed by atoms with Crippen molar-refractivity contribution in [1.82, 2.24) is 16.0 Å². The molecule has 0 aromatic rings. The Kier molecular flexibility index (Phi) is 8.10. The number of aliphatic carboxylic acids is 1. The molecule has 126 valence electrons. The molecule has 9 nitrogen and oxygen atoms in total. The lowest BCUT2D eigenvalue weighted by molar-refractivity contribution is -0.143. The molecular formula is C13H24N4O5. The minimum absolute atomic E-state index is 0.297. The predicted molar refractivity (Wildman–Crippen MR) is 78.7 cm³/mol. The smallest absolute Gasteiger partial charge is 0.326 e. The average molecular weight is 316 g/mol. The van der Waals surface area contributed by atoms with E-state index in [1.165, 1.54) is 13.8 Å². The van der Waals surface area contributed by atoms with Crippen LogP contribution in [0.5, 0.6) is 0 Å². The zero-order chi connectivity index (χ0) is 17.4. The SMILES string of the molecule is CC(N)C(=O)NCC(=O)NC(C)C(=O)NC(C(=O)O)C(C)C. The van der Waals surface area contributed by atoms with Crippen molar-refractivity contribution in [2.75, 3.05) is 6.54 Å². The van der Waals surface area contributed by atoms with Crippen LogP contribution in [0.3, 0.4) is 0 Å². The Labute approximate surface area is 129 Å². The van der Waals surface area contributed by atoms with Gasteiger partial charge in [-0.15, -0.1) is 0 Å². The lowest BCUT2D eigenvalue weighted by atomic mass is 10.0. The van der Waals surface area contributed by atoms with Crippen molar-refractivity contribution in [3.05, 3.63) is 0 Å². The molecule has 0 saturated heterocycles. The number of nitrogens with two attached hydrogens (primary N) is 1. The molecule has 3 amide bonds. The molecule has 3 unspecified atom stereocenters. The summed E-state index contributed by atoms with van der Waals surface area (Å²) in [6.45, 7) is 5.89. The standard InChI is InChI=1S/C13H24N4O5/c1-6(2)10(13(21)22)17-12(20)8(4)16-9(18)5-15-11(19)7(3)14/h6-8,10H,5,14H2,1-4H3,(H,15,19)(H,16,18)(H,17,20)(H,21,22). The molecule has 0 spiro atoms. The highest BCUT2D eigenvalue weighted by Gasteiger charge is 2.26. The van der Waals surface area contributed by atoms with E-state index >= 15 is 0 Å². The van der Waals surface area contributed by atoms with Crippen molar-refractivity contribution >= 4 is 23.7 Å². The summed E-state index contributed by atoms with van der Waals surface area (Å²) in [6, 6.07) is -2.71. The van der Waals surface area contributed by atoms with Gasteiger partial charge in [0.15, 0.2) is 0 Å². The topological polar surface area (TPSA) is 151 Å². The fraction of sp³-hybridized carbons (Fsp3) is 0.692. The molecule has 6 N–H and O–H groups in total. The van der Waals surface area contributed by atoms with Gasteiger partial charge in [0.25, 0.3) is 0 Å². The number of hydrogen-bond donors (Lipinski definition) is 5. The fourth-order valence-electron chi connectivity index (χ4n) is 1.48. The number of carbonyl (C=O) groups excluding carboxylic acids is 3. The van der Waals surface area contributed by atoms with Crippen molar-refractivity contribution < 1.29 is 24.3 Å². The second kappa shape index (κ2) is 8.98. The van der Waals surface area contributed by atoms with Gasteiger partial charge in [-0.05, 0) is 19.8 Å². The number of hydrogen-bond acceptors (Lipinski definition) is 5. The lowest BCUT2D eigenvalue weighted by Crippen LogP contribution is -2.53. The van der Waals surface area contributed by atoms with Gasteiger partial charge < -0.3 is 26.8 Å². The van der Waals surface area contributed by atoms with Gasteiger partial charge in [-0.1, -0.05) is 13.8 Å². The first-order chi connectivity index (χ1) is 10.1. The van der Waals surface area contributed by atoms with Crippen LogP contribution in [0.25, 0.3) is 0 Å². The molecule has 9 heteroatoms. The van der Waals surface area contributed by atoms with Gasteiger partial charge >= 0.3 is 5.97 Å². The molecule has 0 saturated carbocycles. The quantitative estimate of drug-likeness (QED) is 0.356. The van der Waals surface area contributed by atoms with Gasteiger partial charge in [0.2, 0.25) is 17.7 Å². The van der Waals surface area contributed by atoms with Crippen molar-refractivity contribution in [1.29, 1.82) is 0 Å². The molecule has 0 aliphatic carbocycles. The minimum atomic E-state index is -1.15. The van der Waals surface area contributed by atoms with Gasteiger partial charge in [0.05, 0.1) is 12.6 Å². The molecule has 0 aromatic carbocycles.